The third-order valence-electron chi connectivity index (χ3n) is 6.31. The highest BCUT2D eigenvalue weighted by atomic mass is 19.2. The molecule has 2 unspecified atom stereocenters. The molecule has 1 saturated carbocycles. The minimum absolute atomic E-state index is 0.0362. The van der Waals surface area contributed by atoms with Gasteiger partial charge in [0, 0.05) is 5.92 Å². The van der Waals surface area contributed by atoms with E-state index in [1.54, 1.807) is 13.0 Å². The van der Waals surface area contributed by atoms with Gasteiger partial charge in [-0.1, -0.05) is 25.0 Å². The molecule has 0 aromatic heterocycles. The van der Waals surface area contributed by atoms with Gasteiger partial charge in [-0.05, 0) is 68.9 Å². The van der Waals surface area contributed by atoms with Crippen molar-refractivity contribution in [2.45, 2.75) is 70.5 Å². The first-order chi connectivity index (χ1) is 14.1. The van der Waals surface area contributed by atoms with Crippen molar-refractivity contribution in [3.05, 3.63) is 42.0 Å². The smallest absolute Gasteiger partial charge is 0.200 e. The van der Waals surface area contributed by atoms with E-state index < -0.39 is 11.6 Å². The topological polar surface area (TPSA) is 27.7 Å². The summed E-state index contributed by atoms with van der Waals surface area (Å²) in [7, 11) is 0. The van der Waals surface area contributed by atoms with E-state index in [0.717, 1.165) is 25.4 Å². The van der Waals surface area contributed by atoms with Crippen LogP contribution in [-0.2, 0) is 9.47 Å². The largest absolute Gasteiger partial charge is 0.491 e. The van der Waals surface area contributed by atoms with E-state index in [1.807, 2.05) is 6.08 Å². The molecule has 0 N–H and O–H groups in total. The van der Waals surface area contributed by atoms with Gasteiger partial charge in [-0.2, -0.15) is 4.39 Å². The van der Waals surface area contributed by atoms with Crippen LogP contribution in [-0.4, -0.2) is 26.1 Å². The number of rotatable bonds is 9. The SMILES string of the molecule is C=CCCC1CCC(COC2CCC(c3ccc(OCC)c(F)c3F)CO2)CC1. The van der Waals surface area contributed by atoms with Crippen LogP contribution in [0.1, 0.15) is 69.8 Å². The third-order valence-corrected chi connectivity index (χ3v) is 6.31. The highest BCUT2D eigenvalue weighted by Gasteiger charge is 2.28. The monoisotopic (exact) mass is 408 g/mol. The summed E-state index contributed by atoms with van der Waals surface area (Å²) in [5.41, 5.74) is 0.363. The normalized spacial score (nSPS) is 27.6. The Morgan fingerprint density at radius 2 is 1.83 bits per heavy atom. The Balaban J connectivity index is 1.41. The van der Waals surface area contributed by atoms with Crippen molar-refractivity contribution in [1.29, 1.82) is 0 Å². The zero-order valence-electron chi connectivity index (χ0n) is 17.5. The van der Waals surface area contributed by atoms with Crippen LogP contribution >= 0.6 is 0 Å². The summed E-state index contributed by atoms with van der Waals surface area (Å²) in [6.07, 6.45) is 10.6. The molecule has 2 aliphatic rings. The summed E-state index contributed by atoms with van der Waals surface area (Å²) in [4.78, 5) is 0. The van der Waals surface area contributed by atoms with Gasteiger partial charge in [0.15, 0.2) is 17.9 Å². The third kappa shape index (κ3) is 6.02. The van der Waals surface area contributed by atoms with Crippen LogP contribution < -0.4 is 4.74 Å². The molecule has 29 heavy (non-hydrogen) atoms. The predicted molar refractivity (Wildman–Crippen MR) is 110 cm³/mol. The summed E-state index contributed by atoms with van der Waals surface area (Å²) in [5.74, 6) is -0.482. The quantitative estimate of drug-likeness (QED) is 0.444. The Labute approximate surface area is 173 Å². The molecule has 1 aromatic rings. The molecule has 1 heterocycles. The molecule has 1 aliphatic carbocycles. The van der Waals surface area contributed by atoms with Gasteiger partial charge >= 0.3 is 0 Å². The lowest BCUT2D eigenvalue weighted by atomic mass is 9.80. The molecule has 0 radical (unpaired) electrons. The Hall–Kier alpha value is -1.46. The van der Waals surface area contributed by atoms with E-state index in [4.69, 9.17) is 14.2 Å². The standard InChI is InChI=1S/C24H34F2O3/c1-3-5-6-17-7-9-18(10-8-17)15-28-22-14-11-19(16-29-22)20-12-13-21(27-4-2)24(26)23(20)25/h3,12-13,17-19,22H,1,4-11,14-16H2,2H3. The van der Waals surface area contributed by atoms with Crippen molar-refractivity contribution in [1.82, 2.24) is 0 Å². The Bertz CT molecular complexity index is 648. The highest BCUT2D eigenvalue weighted by molar-refractivity contribution is 5.33. The lowest BCUT2D eigenvalue weighted by Crippen LogP contribution is -2.30. The van der Waals surface area contributed by atoms with Crippen LogP contribution in [0.15, 0.2) is 24.8 Å². The van der Waals surface area contributed by atoms with E-state index in [-0.39, 0.29) is 18.0 Å². The maximum atomic E-state index is 14.4. The van der Waals surface area contributed by atoms with Gasteiger partial charge < -0.3 is 14.2 Å². The van der Waals surface area contributed by atoms with Crippen LogP contribution in [0.4, 0.5) is 8.78 Å². The molecule has 3 nitrogen and oxygen atoms in total. The van der Waals surface area contributed by atoms with Crippen molar-refractivity contribution >= 4 is 0 Å². The Morgan fingerprint density at radius 1 is 1.07 bits per heavy atom. The van der Waals surface area contributed by atoms with Gasteiger partial charge in [0.05, 0.1) is 19.8 Å². The zero-order chi connectivity index (χ0) is 20.6. The molecular formula is C24H34F2O3. The molecule has 5 heteroatoms. The number of ether oxygens (including phenoxy) is 3. The molecule has 162 valence electrons. The zero-order valence-corrected chi connectivity index (χ0v) is 17.5. The molecule has 2 fully saturated rings. The molecule has 0 amide bonds. The number of allylic oxidation sites excluding steroid dienone is 1. The summed E-state index contributed by atoms with van der Waals surface area (Å²) in [5, 5.41) is 0. The van der Waals surface area contributed by atoms with Gasteiger partial charge in [-0.3, -0.25) is 0 Å². The second-order valence-corrected chi connectivity index (χ2v) is 8.34. The lowest BCUT2D eigenvalue weighted by molar-refractivity contribution is -0.175. The molecule has 2 atom stereocenters. The first-order valence-corrected chi connectivity index (χ1v) is 11.1. The van der Waals surface area contributed by atoms with Crippen molar-refractivity contribution in [3.8, 4) is 5.75 Å². The van der Waals surface area contributed by atoms with Crippen molar-refractivity contribution < 1.29 is 23.0 Å². The summed E-state index contributed by atoms with van der Waals surface area (Å²) < 4.78 is 45.5. The minimum Gasteiger partial charge on any atom is -0.491 e. The maximum absolute atomic E-state index is 14.4. The minimum atomic E-state index is -0.911. The van der Waals surface area contributed by atoms with Gasteiger partial charge in [0.25, 0.3) is 0 Å². The highest BCUT2D eigenvalue weighted by Crippen LogP contribution is 2.35. The van der Waals surface area contributed by atoms with Gasteiger partial charge in [0.1, 0.15) is 0 Å². The van der Waals surface area contributed by atoms with E-state index in [0.29, 0.717) is 31.1 Å². The van der Waals surface area contributed by atoms with Gasteiger partial charge in [-0.25, -0.2) is 4.39 Å². The first-order valence-electron chi connectivity index (χ1n) is 11.1. The predicted octanol–water partition coefficient (Wildman–Crippen LogP) is 6.37. The fraction of sp³-hybridized carbons (Fsp3) is 0.667. The Kier molecular flexibility index (Phi) is 8.49. The van der Waals surface area contributed by atoms with Crippen LogP contribution in [0.5, 0.6) is 5.75 Å². The Morgan fingerprint density at radius 3 is 2.48 bits per heavy atom. The van der Waals surface area contributed by atoms with Crippen molar-refractivity contribution in [2.24, 2.45) is 11.8 Å². The fourth-order valence-corrected chi connectivity index (χ4v) is 4.52. The van der Waals surface area contributed by atoms with Crippen molar-refractivity contribution in [2.75, 3.05) is 19.8 Å². The summed E-state index contributed by atoms with van der Waals surface area (Å²) >= 11 is 0. The molecular weight excluding hydrogens is 374 g/mol. The molecule has 1 saturated heterocycles. The van der Waals surface area contributed by atoms with Crippen LogP contribution in [0.25, 0.3) is 0 Å². The maximum Gasteiger partial charge on any atom is 0.200 e. The molecule has 1 aliphatic heterocycles. The molecule has 3 rings (SSSR count). The van der Waals surface area contributed by atoms with Gasteiger partial charge in [-0.15, -0.1) is 6.58 Å². The molecule has 1 aromatic carbocycles. The number of benzene rings is 1. The van der Waals surface area contributed by atoms with Crippen LogP contribution in [0.3, 0.4) is 0 Å². The lowest BCUT2D eigenvalue weighted by Gasteiger charge is -2.32. The van der Waals surface area contributed by atoms with E-state index >= 15 is 0 Å². The van der Waals surface area contributed by atoms with E-state index in [1.165, 1.54) is 38.2 Å². The summed E-state index contributed by atoms with van der Waals surface area (Å²) in [6.45, 7) is 6.94. The number of halogens is 2. The molecule has 0 bridgehead atoms. The fourth-order valence-electron chi connectivity index (χ4n) is 4.52. The second kappa shape index (κ2) is 11.1. The van der Waals surface area contributed by atoms with E-state index in [9.17, 15) is 8.78 Å². The first kappa shape index (κ1) is 22.2. The van der Waals surface area contributed by atoms with Crippen molar-refractivity contribution in [3.63, 3.8) is 0 Å². The number of hydrogen-bond acceptors (Lipinski definition) is 3. The second-order valence-electron chi connectivity index (χ2n) is 8.34. The molecule has 0 spiro atoms. The summed E-state index contributed by atoms with van der Waals surface area (Å²) in [6, 6.07) is 3.12. The van der Waals surface area contributed by atoms with Crippen LogP contribution in [0.2, 0.25) is 0 Å². The van der Waals surface area contributed by atoms with E-state index in [2.05, 4.69) is 6.58 Å². The average molecular weight is 409 g/mol. The van der Waals surface area contributed by atoms with Gasteiger partial charge in [0.2, 0.25) is 5.82 Å². The van der Waals surface area contributed by atoms with Crippen LogP contribution in [0, 0.1) is 23.5 Å². The average Bonchev–Trinajstić information content (AvgIpc) is 2.75. The number of hydrogen-bond donors (Lipinski definition) is 0.